The molecule has 1 saturated heterocycles. The predicted octanol–water partition coefficient (Wildman–Crippen LogP) is 1.37. The highest BCUT2D eigenvalue weighted by Gasteiger charge is 2.25. The maximum atomic E-state index is 5.49. The Bertz CT molecular complexity index is 410. The van der Waals surface area contributed by atoms with Crippen molar-refractivity contribution in [1.82, 2.24) is 15.3 Å². The maximum Gasteiger partial charge on any atom is 0.229 e. The number of aryl methyl sites for hydroxylation is 1. The average molecular weight is 250 g/mol. The van der Waals surface area contributed by atoms with Crippen LogP contribution in [0.15, 0.2) is 6.07 Å². The molecule has 2 rings (SSSR count). The highest BCUT2D eigenvalue weighted by atomic mass is 16.5. The summed E-state index contributed by atoms with van der Waals surface area (Å²) in [5, 5.41) is 3.46. The third-order valence-corrected chi connectivity index (χ3v) is 3.13. The number of nitrogens with zero attached hydrogens (tertiary/aromatic N) is 3. The van der Waals surface area contributed by atoms with E-state index in [0.29, 0.717) is 24.6 Å². The van der Waals surface area contributed by atoms with Crippen LogP contribution in [0.4, 0.5) is 5.95 Å². The lowest BCUT2D eigenvalue weighted by molar-refractivity contribution is 0.324. The van der Waals surface area contributed by atoms with E-state index < -0.39 is 0 Å². The maximum absolute atomic E-state index is 5.49. The van der Waals surface area contributed by atoms with Crippen LogP contribution in [-0.4, -0.2) is 41.7 Å². The van der Waals surface area contributed by atoms with E-state index in [1.54, 1.807) is 0 Å². The van der Waals surface area contributed by atoms with Gasteiger partial charge in [0.15, 0.2) is 0 Å². The van der Waals surface area contributed by atoms with Crippen molar-refractivity contribution in [3.63, 3.8) is 0 Å². The van der Waals surface area contributed by atoms with Crippen LogP contribution in [0.25, 0.3) is 0 Å². The van der Waals surface area contributed by atoms with E-state index in [0.717, 1.165) is 24.7 Å². The van der Waals surface area contributed by atoms with Gasteiger partial charge in [-0.05, 0) is 27.7 Å². The van der Waals surface area contributed by atoms with Crippen molar-refractivity contribution in [2.24, 2.45) is 0 Å². The third-order valence-electron chi connectivity index (χ3n) is 3.13. The van der Waals surface area contributed by atoms with Crippen LogP contribution in [0.1, 0.15) is 26.5 Å². The summed E-state index contributed by atoms with van der Waals surface area (Å²) in [7, 11) is 0. The van der Waals surface area contributed by atoms with Crippen LogP contribution < -0.4 is 15.0 Å². The number of hydrogen-bond acceptors (Lipinski definition) is 5. The summed E-state index contributed by atoms with van der Waals surface area (Å²) in [6.45, 7) is 10.8. The summed E-state index contributed by atoms with van der Waals surface area (Å²) in [6, 6.07) is 2.74. The van der Waals surface area contributed by atoms with Crippen LogP contribution in [0.2, 0.25) is 0 Å². The quantitative estimate of drug-likeness (QED) is 0.878. The summed E-state index contributed by atoms with van der Waals surface area (Å²) in [4.78, 5) is 11.3. The van der Waals surface area contributed by atoms with Gasteiger partial charge >= 0.3 is 0 Å². The molecule has 0 bridgehead atoms. The van der Waals surface area contributed by atoms with Gasteiger partial charge in [0.1, 0.15) is 0 Å². The van der Waals surface area contributed by atoms with Crippen molar-refractivity contribution in [3.8, 4) is 5.88 Å². The highest BCUT2D eigenvalue weighted by Crippen LogP contribution is 2.19. The molecule has 5 nitrogen and oxygen atoms in total. The second-order valence-electron chi connectivity index (χ2n) is 4.89. The molecule has 0 radical (unpaired) electrons. The summed E-state index contributed by atoms with van der Waals surface area (Å²) in [6.07, 6.45) is 0. The average Bonchev–Trinajstić information content (AvgIpc) is 2.32. The first kappa shape index (κ1) is 13.1. The summed E-state index contributed by atoms with van der Waals surface area (Å²) in [5.41, 5.74) is 0.946. The van der Waals surface area contributed by atoms with Gasteiger partial charge in [-0.25, -0.2) is 4.98 Å². The molecule has 0 aliphatic carbocycles. The highest BCUT2D eigenvalue weighted by molar-refractivity contribution is 5.36. The Morgan fingerprint density at radius 2 is 2.22 bits per heavy atom. The van der Waals surface area contributed by atoms with Crippen LogP contribution in [0.5, 0.6) is 5.88 Å². The summed E-state index contributed by atoms with van der Waals surface area (Å²) in [5.74, 6) is 1.44. The molecule has 0 aromatic carbocycles. The Kier molecular flexibility index (Phi) is 4.01. The van der Waals surface area contributed by atoms with Gasteiger partial charge in [-0.3, -0.25) is 0 Å². The number of ether oxygens (including phenoxy) is 1. The molecule has 1 N–H and O–H groups in total. The summed E-state index contributed by atoms with van der Waals surface area (Å²) >= 11 is 0. The van der Waals surface area contributed by atoms with Gasteiger partial charge in [0.25, 0.3) is 0 Å². The Hall–Kier alpha value is -1.36. The van der Waals surface area contributed by atoms with E-state index in [-0.39, 0.29) is 0 Å². The van der Waals surface area contributed by atoms with E-state index in [2.05, 4.69) is 34.0 Å². The van der Waals surface area contributed by atoms with Crippen molar-refractivity contribution >= 4 is 5.95 Å². The number of nitrogens with one attached hydrogen (secondary N) is 1. The van der Waals surface area contributed by atoms with Gasteiger partial charge in [-0.2, -0.15) is 4.98 Å². The minimum atomic E-state index is 0.400. The fourth-order valence-electron chi connectivity index (χ4n) is 2.18. The molecule has 1 aromatic heterocycles. The molecule has 0 saturated carbocycles. The molecule has 100 valence electrons. The van der Waals surface area contributed by atoms with E-state index in [1.807, 2.05) is 19.9 Å². The zero-order chi connectivity index (χ0) is 13.1. The smallest absolute Gasteiger partial charge is 0.229 e. The molecule has 1 fully saturated rings. The zero-order valence-corrected chi connectivity index (χ0v) is 11.6. The Morgan fingerprint density at radius 1 is 1.44 bits per heavy atom. The van der Waals surface area contributed by atoms with Crippen molar-refractivity contribution in [2.45, 2.75) is 39.8 Å². The minimum Gasteiger partial charge on any atom is -0.478 e. The Labute approximate surface area is 109 Å². The first-order valence-corrected chi connectivity index (χ1v) is 6.58. The molecular formula is C13H22N4O. The van der Waals surface area contributed by atoms with Crippen molar-refractivity contribution < 1.29 is 4.74 Å². The normalized spacial score (nSPS) is 24.1. The fourth-order valence-corrected chi connectivity index (χ4v) is 2.18. The number of rotatable bonds is 3. The van der Waals surface area contributed by atoms with Crippen molar-refractivity contribution in [2.75, 3.05) is 24.6 Å². The number of hydrogen-bond donors (Lipinski definition) is 1. The number of aromatic nitrogens is 2. The fraction of sp³-hybridized carbons (Fsp3) is 0.692. The lowest BCUT2D eigenvalue weighted by atomic mass is 10.1. The van der Waals surface area contributed by atoms with Gasteiger partial charge in [-0.15, -0.1) is 0 Å². The van der Waals surface area contributed by atoms with Crippen molar-refractivity contribution in [1.29, 1.82) is 0 Å². The van der Waals surface area contributed by atoms with Crippen LogP contribution in [0.3, 0.4) is 0 Å². The monoisotopic (exact) mass is 250 g/mol. The van der Waals surface area contributed by atoms with E-state index in [1.165, 1.54) is 0 Å². The second-order valence-corrected chi connectivity index (χ2v) is 4.89. The molecule has 2 atom stereocenters. The molecule has 2 unspecified atom stereocenters. The molecule has 5 heteroatoms. The lowest BCUT2D eigenvalue weighted by Crippen LogP contribution is -2.55. The van der Waals surface area contributed by atoms with E-state index >= 15 is 0 Å². The zero-order valence-electron chi connectivity index (χ0n) is 11.6. The van der Waals surface area contributed by atoms with Crippen LogP contribution >= 0.6 is 0 Å². The van der Waals surface area contributed by atoms with Gasteiger partial charge < -0.3 is 15.0 Å². The number of piperazine rings is 1. The molecule has 1 aromatic rings. The summed E-state index contributed by atoms with van der Waals surface area (Å²) < 4.78 is 5.49. The van der Waals surface area contributed by atoms with Gasteiger partial charge in [0, 0.05) is 36.9 Å². The lowest BCUT2D eigenvalue weighted by Gasteiger charge is -2.37. The first-order chi connectivity index (χ1) is 8.60. The van der Waals surface area contributed by atoms with Crippen LogP contribution in [0, 0.1) is 6.92 Å². The largest absolute Gasteiger partial charge is 0.478 e. The van der Waals surface area contributed by atoms with Gasteiger partial charge in [0.2, 0.25) is 11.8 Å². The van der Waals surface area contributed by atoms with Gasteiger partial charge in [-0.1, -0.05) is 0 Å². The minimum absolute atomic E-state index is 0.400. The molecule has 2 heterocycles. The third kappa shape index (κ3) is 2.90. The molecule has 0 spiro atoms. The topological polar surface area (TPSA) is 50.3 Å². The Balaban J connectivity index is 2.25. The Morgan fingerprint density at radius 3 is 2.94 bits per heavy atom. The van der Waals surface area contributed by atoms with E-state index in [9.17, 15) is 0 Å². The molecule has 1 aliphatic rings. The first-order valence-electron chi connectivity index (χ1n) is 6.58. The molecule has 0 amide bonds. The molecule has 18 heavy (non-hydrogen) atoms. The van der Waals surface area contributed by atoms with E-state index in [4.69, 9.17) is 4.74 Å². The van der Waals surface area contributed by atoms with Gasteiger partial charge in [0.05, 0.1) is 6.61 Å². The van der Waals surface area contributed by atoms with Crippen molar-refractivity contribution in [3.05, 3.63) is 11.8 Å². The standard InChI is InChI=1S/C13H22N4O/c1-5-18-12-6-9(2)15-13(16-12)17-8-10(3)14-7-11(17)4/h6,10-11,14H,5,7-8H2,1-4H3. The SMILES string of the molecule is CCOc1cc(C)nc(N2CC(C)NCC2C)n1. The molecule has 1 aliphatic heterocycles. The predicted molar refractivity (Wildman–Crippen MR) is 72.2 cm³/mol. The second kappa shape index (κ2) is 5.52. The number of anilines is 1. The molecular weight excluding hydrogens is 228 g/mol. The van der Waals surface area contributed by atoms with Crippen LogP contribution in [-0.2, 0) is 0 Å².